The number of carbonyl (C=O) groups excluding carboxylic acids is 1. The molecule has 2 N–H and O–H groups in total. The number of nitrogens with zero attached hydrogens (tertiary/aromatic N) is 6. The Morgan fingerprint density at radius 2 is 2.12 bits per heavy atom. The van der Waals surface area contributed by atoms with E-state index in [9.17, 15) is 4.79 Å². The van der Waals surface area contributed by atoms with Crippen LogP contribution in [0.5, 0.6) is 0 Å². The van der Waals surface area contributed by atoms with Crippen molar-refractivity contribution in [1.82, 2.24) is 40.2 Å². The van der Waals surface area contributed by atoms with E-state index < -0.39 is 0 Å². The van der Waals surface area contributed by atoms with Gasteiger partial charge < -0.3 is 9.88 Å². The third-order valence-corrected chi connectivity index (χ3v) is 3.86. The number of imidazole rings is 1. The highest BCUT2D eigenvalue weighted by Crippen LogP contribution is 2.11. The topological polar surface area (TPSA) is 114 Å². The van der Waals surface area contributed by atoms with Gasteiger partial charge in [-0.15, -0.1) is 5.10 Å². The molecule has 0 aliphatic heterocycles. The standard InChI is InChI=1S/C17H16N8O/c26-16(10-25-11-19-12-4-1-2-6-14(12)25)18-9-7-15-21-17(24-23-15)13-5-3-8-20-22-13/h1-6,8,11H,7,9-10H2,(H,18,26)(H,21,23,24). The van der Waals surface area contributed by atoms with Crippen LogP contribution < -0.4 is 5.32 Å². The molecule has 4 aromatic rings. The highest BCUT2D eigenvalue weighted by atomic mass is 16.1. The van der Waals surface area contributed by atoms with Crippen LogP contribution >= 0.6 is 0 Å². The van der Waals surface area contributed by atoms with Gasteiger partial charge in [0.2, 0.25) is 11.7 Å². The maximum Gasteiger partial charge on any atom is 0.240 e. The largest absolute Gasteiger partial charge is 0.354 e. The first-order valence-corrected chi connectivity index (χ1v) is 8.15. The average molecular weight is 348 g/mol. The van der Waals surface area contributed by atoms with E-state index in [1.54, 1.807) is 24.7 Å². The van der Waals surface area contributed by atoms with E-state index in [0.29, 0.717) is 30.3 Å². The monoisotopic (exact) mass is 348 g/mol. The van der Waals surface area contributed by atoms with Crippen molar-refractivity contribution in [1.29, 1.82) is 0 Å². The Bertz CT molecular complexity index is 1020. The molecule has 9 nitrogen and oxygen atoms in total. The zero-order valence-electron chi connectivity index (χ0n) is 13.8. The molecule has 1 aromatic carbocycles. The minimum atomic E-state index is -0.0817. The van der Waals surface area contributed by atoms with Crippen molar-refractivity contribution in [2.75, 3.05) is 6.54 Å². The van der Waals surface area contributed by atoms with E-state index in [4.69, 9.17) is 0 Å². The van der Waals surface area contributed by atoms with Crippen LogP contribution in [0.4, 0.5) is 0 Å². The van der Waals surface area contributed by atoms with Crippen LogP contribution in [-0.2, 0) is 17.8 Å². The van der Waals surface area contributed by atoms with Gasteiger partial charge in [-0.3, -0.25) is 9.89 Å². The summed E-state index contributed by atoms with van der Waals surface area (Å²) in [5, 5.41) is 17.6. The Morgan fingerprint density at radius 3 is 3.00 bits per heavy atom. The van der Waals surface area contributed by atoms with Gasteiger partial charge >= 0.3 is 0 Å². The lowest BCUT2D eigenvalue weighted by atomic mass is 10.3. The van der Waals surface area contributed by atoms with Gasteiger partial charge in [0.1, 0.15) is 18.1 Å². The molecule has 0 spiro atoms. The number of aromatic amines is 1. The second kappa shape index (κ2) is 7.09. The predicted molar refractivity (Wildman–Crippen MR) is 93.9 cm³/mol. The van der Waals surface area contributed by atoms with Crippen LogP contribution in [0.25, 0.3) is 22.6 Å². The third-order valence-electron chi connectivity index (χ3n) is 3.86. The van der Waals surface area contributed by atoms with Crippen LogP contribution in [0.15, 0.2) is 48.9 Å². The SMILES string of the molecule is O=C(Cn1cnc2ccccc21)NCCc1nc(-c2cccnn2)n[nH]1. The van der Waals surface area contributed by atoms with Crippen molar-refractivity contribution < 1.29 is 4.79 Å². The molecular weight excluding hydrogens is 332 g/mol. The van der Waals surface area contributed by atoms with Gasteiger partial charge in [0.15, 0.2) is 0 Å². The molecule has 0 aliphatic carbocycles. The van der Waals surface area contributed by atoms with Gasteiger partial charge in [-0.2, -0.15) is 10.2 Å². The fourth-order valence-corrected chi connectivity index (χ4v) is 2.61. The van der Waals surface area contributed by atoms with Crippen molar-refractivity contribution in [2.45, 2.75) is 13.0 Å². The lowest BCUT2D eigenvalue weighted by Gasteiger charge is -2.05. The molecule has 26 heavy (non-hydrogen) atoms. The molecule has 9 heteroatoms. The smallest absolute Gasteiger partial charge is 0.240 e. The van der Waals surface area contributed by atoms with E-state index in [-0.39, 0.29) is 12.5 Å². The summed E-state index contributed by atoms with van der Waals surface area (Å²) < 4.78 is 1.82. The third kappa shape index (κ3) is 3.41. The molecule has 4 rings (SSSR count). The molecule has 0 saturated heterocycles. The molecule has 0 fully saturated rings. The number of nitrogens with one attached hydrogen (secondary N) is 2. The van der Waals surface area contributed by atoms with Crippen molar-refractivity contribution >= 4 is 16.9 Å². The molecule has 0 radical (unpaired) electrons. The summed E-state index contributed by atoms with van der Waals surface area (Å²) >= 11 is 0. The van der Waals surface area contributed by atoms with Crippen LogP contribution in [0.3, 0.4) is 0 Å². The molecule has 0 aliphatic rings. The van der Waals surface area contributed by atoms with E-state index >= 15 is 0 Å². The number of rotatable bonds is 6. The van der Waals surface area contributed by atoms with Gasteiger partial charge in [0.05, 0.1) is 17.4 Å². The number of aromatic nitrogens is 7. The van der Waals surface area contributed by atoms with Crippen molar-refractivity contribution in [3.63, 3.8) is 0 Å². The van der Waals surface area contributed by atoms with Crippen molar-refractivity contribution in [2.24, 2.45) is 0 Å². The quantitative estimate of drug-likeness (QED) is 0.537. The van der Waals surface area contributed by atoms with Gasteiger partial charge in [-0.05, 0) is 24.3 Å². The maximum atomic E-state index is 12.1. The number of hydrogen-bond acceptors (Lipinski definition) is 6. The summed E-state index contributed by atoms with van der Waals surface area (Å²) in [4.78, 5) is 20.8. The van der Waals surface area contributed by atoms with Crippen molar-refractivity contribution in [3.05, 3.63) is 54.7 Å². The zero-order chi connectivity index (χ0) is 17.8. The van der Waals surface area contributed by atoms with Crippen LogP contribution in [-0.4, -0.2) is 47.4 Å². The number of fused-ring (bicyclic) bond motifs is 1. The molecule has 1 amide bonds. The second-order valence-electron chi connectivity index (χ2n) is 5.68. The number of benzene rings is 1. The van der Waals surface area contributed by atoms with Crippen LogP contribution in [0.2, 0.25) is 0 Å². The molecule has 0 atom stereocenters. The van der Waals surface area contributed by atoms with Gasteiger partial charge in [0.25, 0.3) is 0 Å². The second-order valence-corrected chi connectivity index (χ2v) is 5.68. The summed E-state index contributed by atoms with van der Waals surface area (Å²) in [7, 11) is 0. The average Bonchev–Trinajstić information content (AvgIpc) is 3.30. The summed E-state index contributed by atoms with van der Waals surface area (Å²) in [5.74, 6) is 1.09. The van der Waals surface area contributed by atoms with E-state index in [1.165, 1.54) is 0 Å². The fourth-order valence-electron chi connectivity index (χ4n) is 2.61. The minimum absolute atomic E-state index is 0.0817. The first-order chi connectivity index (χ1) is 12.8. The number of carbonyl (C=O) groups is 1. The number of H-pyrrole nitrogens is 1. The lowest BCUT2D eigenvalue weighted by Crippen LogP contribution is -2.29. The number of para-hydroxylation sites is 2. The Balaban J connectivity index is 1.31. The van der Waals surface area contributed by atoms with Gasteiger partial charge in [-0.1, -0.05) is 12.1 Å². The molecule has 0 unspecified atom stereocenters. The van der Waals surface area contributed by atoms with Gasteiger partial charge in [0, 0.05) is 19.2 Å². The van der Waals surface area contributed by atoms with Crippen LogP contribution in [0.1, 0.15) is 5.82 Å². The summed E-state index contributed by atoms with van der Waals surface area (Å²) in [6.45, 7) is 0.683. The van der Waals surface area contributed by atoms with Crippen molar-refractivity contribution in [3.8, 4) is 11.5 Å². The predicted octanol–water partition coefficient (Wildman–Crippen LogP) is 0.970. The molecule has 3 heterocycles. The fraction of sp³-hybridized carbons (Fsp3) is 0.176. The van der Waals surface area contributed by atoms with Crippen LogP contribution in [0, 0.1) is 0 Å². The Morgan fingerprint density at radius 1 is 1.19 bits per heavy atom. The Labute approximate surface area is 148 Å². The molecular formula is C17H16N8O. The highest BCUT2D eigenvalue weighted by molar-refractivity contribution is 5.80. The summed E-state index contributed by atoms with van der Waals surface area (Å²) in [5.41, 5.74) is 2.41. The van der Waals surface area contributed by atoms with E-state index in [1.807, 2.05) is 28.8 Å². The molecule has 3 aromatic heterocycles. The maximum absolute atomic E-state index is 12.1. The Kier molecular flexibility index (Phi) is 4.33. The first-order valence-electron chi connectivity index (χ1n) is 8.15. The summed E-state index contributed by atoms with van der Waals surface area (Å²) in [6.07, 6.45) is 3.81. The first kappa shape index (κ1) is 15.9. The van der Waals surface area contributed by atoms with Gasteiger partial charge in [-0.25, -0.2) is 9.97 Å². The normalized spacial score (nSPS) is 10.9. The number of amides is 1. The number of hydrogen-bond donors (Lipinski definition) is 2. The molecule has 0 saturated carbocycles. The summed E-state index contributed by atoms with van der Waals surface area (Å²) in [6, 6.07) is 11.3. The lowest BCUT2D eigenvalue weighted by molar-refractivity contribution is -0.121. The zero-order valence-corrected chi connectivity index (χ0v) is 13.8. The minimum Gasteiger partial charge on any atom is -0.354 e. The van der Waals surface area contributed by atoms with E-state index in [2.05, 4.69) is 35.7 Å². The molecule has 0 bridgehead atoms. The highest BCUT2D eigenvalue weighted by Gasteiger charge is 2.09. The van der Waals surface area contributed by atoms with E-state index in [0.717, 1.165) is 11.0 Å². The molecule has 130 valence electrons. The Hall–Kier alpha value is -3.62.